The quantitative estimate of drug-likeness (QED) is 0.214. The van der Waals surface area contributed by atoms with Crippen LogP contribution in [0.25, 0.3) is 0 Å². The molecular weight excluding hydrogens is 412 g/mol. The Morgan fingerprint density at radius 2 is 1.56 bits per heavy atom. The van der Waals surface area contributed by atoms with E-state index in [1.165, 1.54) is 6.21 Å². The molecule has 0 aliphatic rings. The molecule has 0 unspecified atom stereocenters. The summed E-state index contributed by atoms with van der Waals surface area (Å²) in [7, 11) is 1.66. The van der Waals surface area contributed by atoms with Crippen LogP contribution in [0.4, 0.5) is 0 Å². The Labute approximate surface area is 170 Å². The number of phenols is 1. The van der Waals surface area contributed by atoms with E-state index in [0.29, 0.717) is 17.0 Å². The largest absolute Gasteiger partial charge is 2.00 e. The fourth-order valence-corrected chi connectivity index (χ4v) is 1.35. The number of rotatable bonds is 5. The molecule has 0 amide bonds. The molecule has 0 radical (unpaired) electrons. The third kappa shape index (κ3) is 9.18. The van der Waals surface area contributed by atoms with Crippen LogP contribution in [0.5, 0.6) is 5.75 Å². The summed E-state index contributed by atoms with van der Waals surface area (Å²) in [6.45, 7) is 3.44. The predicted octanol–water partition coefficient (Wildman–Crippen LogP) is 1.09. The fraction of sp³-hybridized carbons (Fsp3) is 0.214. The van der Waals surface area contributed by atoms with Crippen molar-refractivity contribution in [3.05, 3.63) is 29.8 Å². The summed E-state index contributed by atoms with van der Waals surface area (Å²) in [4.78, 5) is 0. The average molecular weight is 429 g/mol. The van der Waals surface area contributed by atoms with Crippen LogP contribution in [0.15, 0.2) is 49.8 Å². The van der Waals surface area contributed by atoms with Crippen molar-refractivity contribution in [1.29, 1.82) is 0 Å². The maximum atomic E-state index is 9.59. The van der Waals surface area contributed by atoms with Gasteiger partial charge in [-0.25, -0.2) is 0 Å². The molecule has 0 aliphatic carbocycles. The molecule has 0 aromatic heterocycles. The first-order valence-electron chi connectivity index (χ1n) is 6.77. The van der Waals surface area contributed by atoms with Crippen LogP contribution >= 0.6 is 0 Å². The molecule has 25 heavy (non-hydrogen) atoms. The topological polar surface area (TPSA) is 106 Å². The van der Waals surface area contributed by atoms with Gasteiger partial charge in [0.1, 0.15) is 5.75 Å². The molecule has 0 saturated carbocycles. The Balaban J connectivity index is 0.00000576. The number of para-hydroxylation sites is 1. The zero-order valence-electron chi connectivity index (χ0n) is 14.1. The van der Waals surface area contributed by atoms with Gasteiger partial charge in [-0.2, -0.15) is 25.5 Å². The van der Waals surface area contributed by atoms with E-state index in [4.69, 9.17) is 25.3 Å². The molecule has 0 bridgehead atoms. The maximum absolute atomic E-state index is 9.59. The number of hydrazone groups is 1. The number of hydrogen-bond donors (Lipinski definition) is 3. The summed E-state index contributed by atoms with van der Waals surface area (Å²) in [5.41, 5.74) is 4.17. The molecule has 8 nitrogen and oxygen atoms in total. The van der Waals surface area contributed by atoms with E-state index in [9.17, 15) is 5.11 Å². The Morgan fingerprint density at radius 3 is 2.12 bits per heavy atom. The number of aromatic hydroxyl groups is 1. The summed E-state index contributed by atoms with van der Waals surface area (Å²) in [6, 6.07) is 6.77. The molecule has 11 heteroatoms. The minimum Gasteiger partial charge on any atom is -0.741 e. The number of hydrogen-bond acceptors (Lipinski definition) is 8. The first-order chi connectivity index (χ1) is 11.4. The second-order valence-corrected chi connectivity index (χ2v) is 5.13. The number of nitrogens with zero attached hydrogens (tertiary/aromatic N) is 5. The van der Waals surface area contributed by atoms with E-state index in [2.05, 4.69) is 36.2 Å². The van der Waals surface area contributed by atoms with Crippen LogP contribution in [-0.2, 0) is 44.7 Å². The first kappa shape index (κ1) is 23.0. The number of amidine groups is 2. The van der Waals surface area contributed by atoms with Crippen LogP contribution < -0.4 is 10.7 Å². The summed E-state index contributed by atoms with van der Waals surface area (Å²) < 4.78 is 0. The Bertz CT molecular complexity index is 717. The van der Waals surface area contributed by atoms with Crippen LogP contribution in [0.3, 0.4) is 0 Å². The predicted molar refractivity (Wildman–Crippen MR) is 104 cm³/mol. The second-order valence-electron chi connectivity index (χ2n) is 4.36. The van der Waals surface area contributed by atoms with Gasteiger partial charge in [-0.05, 0) is 31.1 Å². The molecule has 0 fully saturated rings. The van der Waals surface area contributed by atoms with Crippen molar-refractivity contribution in [3.8, 4) is 5.75 Å². The summed E-state index contributed by atoms with van der Waals surface area (Å²) in [6.07, 6.45) is 1.43. The average Bonchev–Trinajstić information content (AvgIpc) is 2.58. The molecule has 128 valence electrons. The molecule has 1 aromatic rings. The normalized spacial score (nSPS) is 13.6. The maximum Gasteiger partial charge on any atom is 2.00 e. The van der Waals surface area contributed by atoms with Crippen molar-refractivity contribution in [1.82, 2.24) is 10.7 Å². The number of phenolic OH excluding ortho intramolecular Hbond substituents is 1. The fourth-order valence-electron chi connectivity index (χ4n) is 1.21. The van der Waals surface area contributed by atoms with Crippen molar-refractivity contribution < 1.29 is 24.6 Å². The third-order valence-corrected chi connectivity index (χ3v) is 3.08. The van der Waals surface area contributed by atoms with Crippen molar-refractivity contribution in [2.45, 2.75) is 13.8 Å². The van der Waals surface area contributed by atoms with Crippen molar-refractivity contribution in [2.75, 3.05) is 7.05 Å². The molecule has 0 atom stereocenters. The van der Waals surface area contributed by atoms with Crippen LogP contribution in [-0.4, -0.2) is 40.1 Å². The van der Waals surface area contributed by atoms with Crippen molar-refractivity contribution >= 4 is 53.2 Å². The smallest absolute Gasteiger partial charge is 0.741 e. The summed E-state index contributed by atoms with van der Waals surface area (Å²) >= 11 is 9.83. The van der Waals surface area contributed by atoms with Crippen LogP contribution in [0.1, 0.15) is 19.4 Å². The molecule has 1 aromatic carbocycles. The minimum atomic E-state index is 0. The van der Waals surface area contributed by atoms with E-state index < -0.39 is 0 Å². The van der Waals surface area contributed by atoms with Gasteiger partial charge in [-0.3, -0.25) is 5.43 Å². The van der Waals surface area contributed by atoms with Gasteiger partial charge in [0, 0.05) is 17.8 Å². The second kappa shape index (κ2) is 12.4. The summed E-state index contributed by atoms with van der Waals surface area (Å²) in [5, 5.41) is 31.9. The third-order valence-electron chi connectivity index (χ3n) is 2.62. The van der Waals surface area contributed by atoms with Gasteiger partial charge in [0.05, 0.1) is 17.6 Å². The van der Waals surface area contributed by atoms with E-state index in [1.807, 2.05) is 0 Å². The SMILES string of the molecule is CNC([S-])=NN=C(C)C(C)=NN=C([S-])N/N=C/c1ccccc1O.[Zn+2]. The Morgan fingerprint density at radius 1 is 1.00 bits per heavy atom. The molecular formula is C14H17N7OS2Zn. The van der Waals surface area contributed by atoms with Gasteiger partial charge in [0.2, 0.25) is 0 Å². The van der Waals surface area contributed by atoms with Crippen LogP contribution in [0.2, 0.25) is 0 Å². The van der Waals surface area contributed by atoms with Gasteiger partial charge in [-0.1, -0.05) is 12.1 Å². The number of benzene rings is 1. The Hall–Kier alpha value is -1.97. The monoisotopic (exact) mass is 427 g/mol. The molecule has 0 spiro atoms. The van der Waals surface area contributed by atoms with Crippen LogP contribution in [0, 0.1) is 0 Å². The van der Waals surface area contributed by atoms with Gasteiger partial charge in [0.25, 0.3) is 0 Å². The van der Waals surface area contributed by atoms with Gasteiger partial charge in [0.15, 0.2) is 0 Å². The van der Waals surface area contributed by atoms with Gasteiger partial charge < -0.3 is 35.7 Å². The molecule has 0 saturated heterocycles. The van der Waals surface area contributed by atoms with Crippen molar-refractivity contribution in [2.24, 2.45) is 25.5 Å². The standard InChI is InChI=1S/C14H19N7OS2.Zn/c1-9(17-20-13(23)15-3)10(2)18-21-14(24)19-16-8-11-6-4-5-7-12(11)22;/h4-8,22H,1-3H3,(H2,15,20,23)(H2,19,21,24);/q;+2/p-2/b16-8+,17-9?,18-10?;. The van der Waals surface area contributed by atoms with E-state index in [-0.39, 0.29) is 35.6 Å². The van der Waals surface area contributed by atoms with E-state index in [0.717, 1.165) is 0 Å². The molecule has 0 heterocycles. The van der Waals surface area contributed by atoms with E-state index >= 15 is 0 Å². The first-order valence-corrected chi connectivity index (χ1v) is 7.59. The van der Waals surface area contributed by atoms with E-state index in [1.54, 1.807) is 45.2 Å². The molecule has 1 rings (SSSR count). The van der Waals surface area contributed by atoms with Crippen molar-refractivity contribution in [3.63, 3.8) is 0 Å². The Kier molecular flexibility index (Phi) is 11.4. The summed E-state index contributed by atoms with van der Waals surface area (Å²) in [5.74, 6) is 0.120. The molecule has 3 N–H and O–H groups in total. The van der Waals surface area contributed by atoms with Gasteiger partial charge >= 0.3 is 19.5 Å². The molecule has 0 aliphatic heterocycles. The van der Waals surface area contributed by atoms with Gasteiger partial charge in [-0.15, -0.1) is 0 Å². The number of nitrogens with one attached hydrogen (secondary N) is 2. The zero-order chi connectivity index (χ0) is 17.9. The zero-order valence-corrected chi connectivity index (χ0v) is 18.7. The minimum absolute atomic E-state index is 0.